The molecule has 0 saturated heterocycles. The number of carbonyl (C=O) groups excluding carboxylic acids is 2. The second-order valence-corrected chi connectivity index (χ2v) is 10.2. The van der Waals surface area contributed by atoms with Crippen molar-refractivity contribution in [3.63, 3.8) is 0 Å². The molecule has 0 radical (unpaired) electrons. The normalized spacial score (nSPS) is 15.0. The fourth-order valence-electron chi connectivity index (χ4n) is 4.65. The van der Waals surface area contributed by atoms with E-state index in [4.69, 9.17) is 4.74 Å². The van der Waals surface area contributed by atoms with Crippen LogP contribution in [-0.4, -0.2) is 35.4 Å². The molecule has 0 bridgehead atoms. The zero-order valence-electron chi connectivity index (χ0n) is 20.8. The smallest absolute Gasteiger partial charge is 0.261 e. The van der Waals surface area contributed by atoms with Crippen LogP contribution in [-0.2, 0) is 16.1 Å². The highest BCUT2D eigenvalue weighted by Gasteiger charge is 2.30. The van der Waals surface area contributed by atoms with Gasteiger partial charge in [0.25, 0.3) is 5.91 Å². The second-order valence-electron chi connectivity index (χ2n) is 9.38. The average molecular weight is 530 g/mol. The Bertz CT molecular complexity index is 978. The fourth-order valence-corrected chi connectivity index (χ4v) is 4.88. The molecule has 6 heteroatoms. The fraction of sp³-hybridized carbons (Fsp3) is 0.500. The van der Waals surface area contributed by atoms with Gasteiger partial charge in [0.2, 0.25) is 5.91 Å². The molecule has 1 saturated carbocycles. The molecule has 3 rings (SSSR count). The summed E-state index contributed by atoms with van der Waals surface area (Å²) in [6, 6.07) is 11.5. The van der Waals surface area contributed by atoms with E-state index in [-0.39, 0.29) is 24.5 Å². The number of rotatable bonds is 9. The second kappa shape index (κ2) is 12.4. The van der Waals surface area contributed by atoms with Crippen LogP contribution in [0.1, 0.15) is 67.7 Å². The lowest BCUT2D eigenvalue weighted by atomic mass is 9.95. The number of nitrogens with zero attached hydrogens (tertiary/aromatic N) is 1. The van der Waals surface area contributed by atoms with Crippen molar-refractivity contribution >= 4 is 27.7 Å². The number of halogens is 1. The maximum atomic E-state index is 13.5. The number of hydrogen-bond donors (Lipinski definition) is 1. The first-order valence-corrected chi connectivity index (χ1v) is 13.1. The number of nitrogens with one attached hydrogen (secondary N) is 1. The molecule has 0 spiro atoms. The van der Waals surface area contributed by atoms with Crippen LogP contribution in [0.25, 0.3) is 0 Å². The Kier molecular flexibility index (Phi) is 9.57. The van der Waals surface area contributed by atoms with E-state index >= 15 is 0 Å². The Hall–Kier alpha value is -2.34. The van der Waals surface area contributed by atoms with Crippen LogP contribution in [0.5, 0.6) is 5.75 Å². The molecule has 2 amide bonds. The maximum Gasteiger partial charge on any atom is 0.261 e. The predicted molar refractivity (Wildman–Crippen MR) is 140 cm³/mol. The van der Waals surface area contributed by atoms with E-state index < -0.39 is 6.04 Å². The molecular weight excluding hydrogens is 492 g/mol. The molecule has 1 fully saturated rings. The first kappa shape index (κ1) is 26.3. The number of benzene rings is 2. The standard InChI is InChI=1S/C28H37BrN2O3/c1-5-25(28(33)30-23-13-7-6-8-14-23)31(17-22-12-10-9-11-19(22)2)26(32)18-34-24-15-20(3)27(29)21(4)16-24/h9-12,15-16,23,25H,5-8,13-14,17-18H2,1-4H3,(H,30,33)/t25-/m1/s1. The van der Waals surface area contributed by atoms with Gasteiger partial charge in [0.05, 0.1) is 0 Å². The molecule has 1 N–H and O–H groups in total. The minimum absolute atomic E-state index is 0.0633. The van der Waals surface area contributed by atoms with Gasteiger partial charge >= 0.3 is 0 Å². The highest BCUT2D eigenvalue weighted by Crippen LogP contribution is 2.26. The summed E-state index contributed by atoms with van der Waals surface area (Å²) in [6.07, 6.45) is 6.10. The Balaban J connectivity index is 1.79. The van der Waals surface area contributed by atoms with Gasteiger partial charge in [0, 0.05) is 17.1 Å². The van der Waals surface area contributed by atoms with Crippen LogP contribution >= 0.6 is 15.9 Å². The molecule has 184 valence electrons. The molecule has 0 aromatic heterocycles. The van der Waals surface area contributed by atoms with E-state index in [2.05, 4.69) is 21.2 Å². The van der Waals surface area contributed by atoms with Crippen molar-refractivity contribution in [2.75, 3.05) is 6.61 Å². The van der Waals surface area contributed by atoms with Gasteiger partial charge in [0.15, 0.2) is 6.61 Å². The number of aryl methyl sites for hydroxylation is 3. The summed E-state index contributed by atoms with van der Waals surface area (Å²) in [5.41, 5.74) is 4.24. The number of carbonyl (C=O) groups is 2. The molecule has 0 aliphatic heterocycles. The zero-order chi connectivity index (χ0) is 24.7. The predicted octanol–water partition coefficient (Wildman–Crippen LogP) is 6.01. The lowest BCUT2D eigenvalue weighted by Gasteiger charge is -2.33. The molecule has 0 heterocycles. The van der Waals surface area contributed by atoms with Gasteiger partial charge in [-0.15, -0.1) is 0 Å². The Morgan fingerprint density at radius 2 is 1.71 bits per heavy atom. The van der Waals surface area contributed by atoms with E-state index in [0.29, 0.717) is 18.7 Å². The van der Waals surface area contributed by atoms with Crippen molar-refractivity contribution < 1.29 is 14.3 Å². The summed E-state index contributed by atoms with van der Waals surface area (Å²) in [7, 11) is 0. The monoisotopic (exact) mass is 528 g/mol. The first-order chi connectivity index (χ1) is 16.3. The molecule has 5 nitrogen and oxygen atoms in total. The van der Waals surface area contributed by atoms with Crippen molar-refractivity contribution in [3.8, 4) is 5.75 Å². The van der Waals surface area contributed by atoms with Crippen molar-refractivity contribution in [1.82, 2.24) is 10.2 Å². The molecule has 2 aromatic rings. The molecule has 1 aliphatic carbocycles. The largest absolute Gasteiger partial charge is 0.484 e. The minimum atomic E-state index is -0.536. The SMILES string of the molecule is CC[C@H](C(=O)NC1CCCCC1)N(Cc1ccccc1C)C(=O)COc1cc(C)c(Br)c(C)c1. The molecule has 34 heavy (non-hydrogen) atoms. The summed E-state index contributed by atoms with van der Waals surface area (Å²) in [5.74, 6) is 0.404. The summed E-state index contributed by atoms with van der Waals surface area (Å²) in [6.45, 7) is 8.26. The van der Waals surface area contributed by atoms with Gasteiger partial charge in [-0.2, -0.15) is 0 Å². The Labute approximate surface area is 212 Å². The maximum absolute atomic E-state index is 13.5. The summed E-state index contributed by atoms with van der Waals surface area (Å²) < 4.78 is 6.95. The van der Waals surface area contributed by atoms with Gasteiger partial charge < -0.3 is 15.0 Å². The van der Waals surface area contributed by atoms with E-state index in [1.165, 1.54) is 6.42 Å². The third kappa shape index (κ3) is 6.84. The van der Waals surface area contributed by atoms with E-state index in [1.54, 1.807) is 4.90 Å². The quantitative estimate of drug-likeness (QED) is 0.433. The Morgan fingerprint density at radius 3 is 2.32 bits per heavy atom. The molecule has 1 aliphatic rings. The lowest BCUT2D eigenvalue weighted by Crippen LogP contribution is -2.52. The van der Waals surface area contributed by atoms with Gasteiger partial charge in [-0.25, -0.2) is 0 Å². The van der Waals surface area contributed by atoms with E-state index in [9.17, 15) is 9.59 Å². The van der Waals surface area contributed by atoms with Crippen molar-refractivity contribution in [2.45, 2.75) is 84.8 Å². The minimum Gasteiger partial charge on any atom is -0.484 e. The van der Waals surface area contributed by atoms with Crippen LogP contribution in [0.4, 0.5) is 0 Å². The van der Waals surface area contributed by atoms with Crippen LogP contribution in [0.2, 0.25) is 0 Å². The molecule has 1 atom stereocenters. The van der Waals surface area contributed by atoms with Gasteiger partial charge in [0.1, 0.15) is 11.8 Å². The Morgan fingerprint density at radius 1 is 1.06 bits per heavy atom. The number of ether oxygens (including phenoxy) is 1. The zero-order valence-corrected chi connectivity index (χ0v) is 22.4. The van der Waals surface area contributed by atoms with Crippen LogP contribution < -0.4 is 10.1 Å². The topological polar surface area (TPSA) is 58.6 Å². The van der Waals surface area contributed by atoms with Crippen LogP contribution in [0, 0.1) is 20.8 Å². The average Bonchev–Trinajstić information content (AvgIpc) is 2.82. The van der Waals surface area contributed by atoms with Crippen LogP contribution in [0.3, 0.4) is 0 Å². The van der Waals surface area contributed by atoms with E-state index in [1.807, 2.05) is 64.1 Å². The molecule has 0 unspecified atom stereocenters. The number of amides is 2. The molecule has 2 aromatic carbocycles. The van der Waals surface area contributed by atoms with Gasteiger partial charge in [-0.3, -0.25) is 9.59 Å². The molecular formula is C28H37BrN2O3. The first-order valence-electron chi connectivity index (χ1n) is 12.3. The third-order valence-corrected chi connectivity index (χ3v) is 7.96. The van der Waals surface area contributed by atoms with Gasteiger partial charge in [-0.05, 0) is 74.4 Å². The van der Waals surface area contributed by atoms with Crippen molar-refractivity contribution in [1.29, 1.82) is 0 Å². The number of hydrogen-bond acceptors (Lipinski definition) is 3. The van der Waals surface area contributed by atoms with Crippen LogP contribution in [0.15, 0.2) is 40.9 Å². The third-order valence-electron chi connectivity index (χ3n) is 6.71. The lowest BCUT2D eigenvalue weighted by molar-refractivity contribution is -0.143. The highest BCUT2D eigenvalue weighted by molar-refractivity contribution is 9.10. The highest BCUT2D eigenvalue weighted by atomic mass is 79.9. The summed E-state index contributed by atoms with van der Waals surface area (Å²) in [5, 5.41) is 3.22. The van der Waals surface area contributed by atoms with Gasteiger partial charge in [-0.1, -0.05) is 66.4 Å². The van der Waals surface area contributed by atoms with Crippen molar-refractivity contribution in [2.24, 2.45) is 0 Å². The summed E-state index contributed by atoms with van der Waals surface area (Å²) in [4.78, 5) is 28.5. The van der Waals surface area contributed by atoms with Crippen molar-refractivity contribution in [3.05, 3.63) is 63.1 Å². The van der Waals surface area contributed by atoms with E-state index in [0.717, 1.165) is 52.4 Å². The summed E-state index contributed by atoms with van der Waals surface area (Å²) >= 11 is 3.57.